The van der Waals surface area contributed by atoms with Gasteiger partial charge in [-0.2, -0.15) is 0 Å². The van der Waals surface area contributed by atoms with Crippen LogP contribution in [0.4, 0.5) is 0 Å². The number of aliphatic hydroxyl groups excluding tert-OH is 1. The lowest BCUT2D eigenvalue weighted by molar-refractivity contribution is 0.0693. The van der Waals surface area contributed by atoms with Gasteiger partial charge in [-0.3, -0.25) is 4.90 Å². The first-order valence-electron chi connectivity index (χ1n) is 9.27. The molecule has 0 radical (unpaired) electrons. The molecular formula is C22H30N2O. The number of aliphatic hydroxyl groups is 1. The van der Waals surface area contributed by atoms with Gasteiger partial charge in [-0.15, -0.1) is 0 Å². The van der Waals surface area contributed by atoms with E-state index in [4.69, 9.17) is 0 Å². The molecule has 2 aromatic rings. The van der Waals surface area contributed by atoms with Crippen molar-refractivity contribution < 1.29 is 5.11 Å². The van der Waals surface area contributed by atoms with Gasteiger partial charge in [0.2, 0.25) is 0 Å². The summed E-state index contributed by atoms with van der Waals surface area (Å²) < 4.78 is 0. The van der Waals surface area contributed by atoms with E-state index in [1.807, 2.05) is 0 Å². The Morgan fingerprint density at radius 1 is 0.960 bits per heavy atom. The molecule has 0 aliphatic carbocycles. The highest BCUT2D eigenvalue weighted by Crippen LogP contribution is 2.28. The fourth-order valence-electron chi connectivity index (χ4n) is 4.13. The van der Waals surface area contributed by atoms with Crippen LogP contribution < -0.4 is 0 Å². The molecule has 25 heavy (non-hydrogen) atoms. The van der Waals surface area contributed by atoms with Gasteiger partial charge < -0.3 is 10.0 Å². The maximum absolute atomic E-state index is 9.72. The van der Waals surface area contributed by atoms with Crippen molar-refractivity contribution in [3.05, 3.63) is 60.2 Å². The van der Waals surface area contributed by atoms with Crippen LogP contribution in [-0.2, 0) is 6.54 Å². The first-order valence-corrected chi connectivity index (χ1v) is 9.27. The van der Waals surface area contributed by atoms with Crippen molar-refractivity contribution in [1.29, 1.82) is 0 Å². The van der Waals surface area contributed by atoms with Crippen LogP contribution in [0.5, 0.6) is 0 Å². The number of benzene rings is 2. The van der Waals surface area contributed by atoms with Gasteiger partial charge in [0.1, 0.15) is 0 Å². The van der Waals surface area contributed by atoms with E-state index < -0.39 is 0 Å². The third kappa shape index (κ3) is 4.91. The lowest BCUT2D eigenvalue weighted by Gasteiger charge is -2.38. The van der Waals surface area contributed by atoms with Crippen LogP contribution in [0.3, 0.4) is 0 Å². The number of nitrogens with zero attached hydrogens (tertiary/aromatic N) is 2. The Balaban J connectivity index is 1.77. The average molecular weight is 338 g/mol. The smallest absolute Gasteiger partial charge is 0.0471 e. The van der Waals surface area contributed by atoms with Crippen LogP contribution in [0.1, 0.15) is 12.0 Å². The Bertz CT molecular complexity index is 656. The van der Waals surface area contributed by atoms with Crippen LogP contribution in [0.2, 0.25) is 0 Å². The summed E-state index contributed by atoms with van der Waals surface area (Å²) in [6.45, 7) is 4.43. The highest BCUT2D eigenvalue weighted by molar-refractivity contribution is 5.67. The fourth-order valence-corrected chi connectivity index (χ4v) is 4.13. The van der Waals surface area contributed by atoms with Crippen molar-refractivity contribution in [2.24, 2.45) is 11.8 Å². The number of hydrogen-bond donors (Lipinski definition) is 1. The first-order chi connectivity index (χ1) is 12.2. The highest BCUT2D eigenvalue weighted by atomic mass is 16.3. The van der Waals surface area contributed by atoms with E-state index in [1.54, 1.807) is 0 Å². The molecule has 1 saturated heterocycles. The minimum absolute atomic E-state index is 0.292. The van der Waals surface area contributed by atoms with Crippen LogP contribution in [0.15, 0.2) is 54.6 Å². The summed E-state index contributed by atoms with van der Waals surface area (Å²) in [4.78, 5) is 4.79. The molecule has 1 aliphatic heterocycles. The minimum Gasteiger partial charge on any atom is -0.396 e. The predicted molar refractivity (Wildman–Crippen MR) is 104 cm³/mol. The molecule has 3 rings (SSSR count). The molecule has 0 bridgehead atoms. The van der Waals surface area contributed by atoms with E-state index in [0.717, 1.165) is 32.6 Å². The Kier molecular flexibility index (Phi) is 6.24. The second-order valence-electron chi connectivity index (χ2n) is 7.63. The third-order valence-electron chi connectivity index (χ3n) is 5.08. The Labute approximate surface area is 151 Å². The number of likely N-dealkylation sites (tertiary alicyclic amines) is 1. The van der Waals surface area contributed by atoms with Gasteiger partial charge >= 0.3 is 0 Å². The lowest BCUT2D eigenvalue weighted by Crippen LogP contribution is -2.44. The summed E-state index contributed by atoms with van der Waals surface area (Å²) in [6, 6.07) is 19.3. The molecule has 134 valence electrons. The molecule has 2 atom stereocenters. The molecule has 3 nitrogen and oxygen atoms in total. The predicted octanol–water partition coefficient (Wildman–Crippen LogP) is 3.35. The van der Waals surface area contributed by atoms with Gasteiger partial charge in [0.25, 0.3) is 0 Å². The van der Waals surface area contributed by atoms with E-state index in [1.165, 1.54) is 16.7 Å². The molecule has 1 N–H and O–H groups in total. The SMILES string of the molecule is CN(C)CC1CC(CO)CN(Cc2ccccc2-c2ccccc2)C1. The van der Waals surface area contributed by atoms with Gasteiger partial charge in [-0.05, 0) is 49.0 Å². The third-order valence-corrected chi connectivity index (χ3v) is 5.08. The Morgan fingerprint density at radius 2 is 1.64 bits per heavy atom. The van der Waals surface area contributed by atoms with Crippen molar-refractivity contribution in [1.82, 2.24) is 9.80 Å². The van der Waals surface area contributed by atoms with Crippen molar-refractivity contribution >= 4 is 0 Å². The molecule has 1 aliphatic rings. The number of piperidine rings is 1. The summed E-state index contributed by atoms with van der Waals surface area (Å²) in [5.74, 6) is 1.02. The van der Waals surface area contributed by atoms with Gasteiger partial charge in [0.15, 0.2) is 0 Å². The summed E-state index contributed by atoms with van der Waals surface area (Å²) in [6.07, 6.45) is 1.13. The molecule has 1 fully saturated rings. The van der Waals surface area contributed by atoms with Gasteiger partial charge in [-0.1, -0.05) is 54.6 Å². The molecule has 0 amide bonds. The number of hydrogen-bond acceptors (Lipinski definition) is 3. The Hall–Kier alpha value is -1.68. The van der Waals surface area contributed by atoms with Gasteiger partial charge in [0, 0.05) is 32.8 Å². The fraction of sp³-hybridized carbons (Fsp3) is 0.455. The molecule has 0 saturated carbocycles. The van der Waals surface area contributed by atoms with Crippen LogP contribution >= 0.6 is 0 Å². The molecular weight excluding hydrogens is 308 g/mol. The number of rotatable bonds is 6. The lowest BCUT2D eigenvalue weighted by atomic mass is 9.88. The minimum atomic E-state index is 0.292. The molecule has 1 heterocycles. The molecule has 0 spiro atoms. The van der Waals surface area contributed by atoms with Crippen molar-refractivity contribution in [3.63, 3.8) is 0 Å². The zero-order valence-electron chi connectivity index (χ0n) is 15.4. The second-order valence-corrected chi connectivity index (χ2v) is 7.63. The molecule has 3 heteroatoms. The zero-order valence-corrected chi connectivity index (χ0v) is 15.4. The average Bonchev–Trinajstić information content (AvgIpc) is 2.62. The van der Waals surface area contributed by atoms with E-state index in [2.05, 4.69) is 78.5 Å². The molecule has 0 aromatic heterocycles. The zero-order chi connectivity index (χ0) is 17.6. The standard InChI is InChI=1S/C22H30N2O/c1-23(2)13-18-12-19(17-25)15-24(14-18)16-21-10-6-7-11-22(21)20-8-4-3-5-9-20/h3-11,18-19,25H,12-17H2,1-2H3. The maximum Gasteiger partial charge on any atom is 0.0471 e. The maximum atomic E-state index is 9.72. The van der Waals surface area contributed by atoms with Gasteiger partial charge in [-0.25, -0.2) is 0 Å². The van der Waals surface area contributed by atoms with E-state index in [0.29, 0.717) is 18.4 Å². The molecule has 2 aromatic carbocycles. The summed E-state index contributed by atoms with van der Waals surface area (Å²) in [5.41, 5.74) is 3.97. The first kappa shape index (κ1) is 18.1. The van der Waals surface area contributed by atoms with E-state index in [9.17, 15) is 5.11 Å². The quantitative estimate of drug-likeness (QED) is 0.875. The van der Waals surface area contributed by atoms with Crippen molar-refractivity contribution in [2.75, 3.05) is 40.3 Å². The summed E-state index contributed by atoms with van der Waals surface area (Å²) in [5, 5.41) is 9.72. The topological polar surface area (TPSA) is 26.7 Å². The van der Waals surface area contributed by atoms with Crippen LogP contribution in [-0.4, -0.2) is 55.2 Å². The van der Waals surface area contributed by atoms with Crippen molar-refractivity contribution in [3.8, 4) is 11.1 Å². The molecule has 2 unspecified atom stereocenters. The Morgan fingerprint density at radius 3 is 2.36 bits per heavy atom. The normalized spacial score (nSPS) is 21.6. The monoisotopic (exact) mass is 338 g/mol. The largest absolute Gasteiger partial charge is 0.396 e. The van der Waals surface area contributed by atoms with E-state index >= 15 is 0 Å². The highest BCUT2D eigenvalue weighted by Gasteiger charge is 2.27. The van der Waals surface area contributed by atoms with Crippen LogP contribution in [0, 0.1) is 11.8 Å². The second kappa shape index (κ2) is 8.61. The van der Waals surface area contributed by atoms with E-state index in [-0.39, 0.29) is 0 Å². The van der Waals surface area contributed by atoms with Crippen molar-refractivity contribution in [2.45, 2.75) is 13.0 Å². The van der Waals surface area contributed by atoms with Crippen LogP contribution in [0.25, 0.3) is 11.1 Å². The summed E-state index contributed by atoms with van der Waals surface area (Å²) in [7, 11) is 4.27. The summed E-state index contributed by atoms with van der Waals surface area (Å²) >= 11 is 0. The van der Waals surface area contributed by atoms with Gasteiger partial charge in [0.05, 0.1) is 0 Å².